The van der Waals surface area contributed by atoms with Crippen molar-refractivity contribution in [2.75, 3.05) is 13.1 Å². The topological polar surface area (TPSA) is 50.8 Å². The van der Waals surface area contributed by atoms with Crippen LogP contribution >= 0.6 is 0 Å². The van der Waals surface area contributed by atoms with E-state index < -0.39 is 17.2 Å². The third-order valence-electron chi connectivity index (χ3n) is 4.22. The molecule has 2 heterocycles. The van der Waals surface area contributed by atoms with Crippen LogP contribution in [-0.4, -0.2) is 47.9 Å². The number of carbonyl (C=O) groups is 1. The highest BCUT2D eigenvalue weighted by atomic mass is 19.2. The summed E-state index contributed by atoms with van der Waals surface area (Å²) in [5.41, 5.74) is -0.572. The molecule has 0 radical (unpaired) electrons. The maximum atomic E-state index is 13.4. The zero-order chi connectivity index (χ0) is 17.5. The van der Waals surface area contributed by atoms with Crippen LogP contribution in [0.2, 0.25) is 0 Å². The molecule has 132 valence electrons. The summed E-state index contributed by atoms with van der Waals surface area (Å²) in [7, 11) is 0. The van der Waals surface area contributed by atoms with Crippen molar-refractivity contribution in [3.8, 4) is 5.75 Å². The number of hydrogen-bond acceptors (Lipinski definition) is 4. The summed E-state index contributed by atoms with van der Waals surface area (Å²) in [6, 6.07) is 3.37. The first-order chi connectivity index (χ1) is 11.2. The quantitative estimate of drug-likeness (QED) is 0.899. The number of nitrogens with zero attached hydrogens (tertiary/aromatic N) is 1. The van der Waals surface area contributed by atoms with Gasteiger partial charge in [-0.2, -0.15) is 0 Å². The minimum atomic E-state index is -0.953. The number of ether oxygens (including phenoxy) is 2. The van der Waals surface area contributed by atoms with Gasteiger partial charge in [-0.25, -0.2) is 13.6 Å². The molecule has 1 amide bonds. The fourth-order valence-electron chi connectivity index (χ4n) is 3.25. The van der Waals surface area contributed by atoms with Crippen molar-refractivity contribution in [3.63, 3.8) is 0 Å². The maximum absolute atomic E-state index is 13.4. The van der Waals surface area contributed by atoms with Gasteiger partial charge < -0.3 is 14.8 Å². The third-order valence-corrected chi connectivity index (χ3v) is 4.22. The summed E-state index contributed by atoms with van der Waals surface area (Å²) in [4.78, 5) is 14.1. The molecule has 0 spiro atoms. The molecule has 3 atom stereocenters. The van der Waals surface area contributed by atoms with Gasteiger partial charge in [-0.15, -0.1) is 0 Å². The Labute approximate surface area is 139 Å². The van der Waals surface area contributed by atoms with E-state index in [2.05, 4.69) is 5.32 Å². The van der Waals surface area contributed by atoms with Crippen molar-refractivity contribution in [1.82, 2.24) is 10.2 Å². The number of halogens is 2. The number of benzene rings is 1. The molecule has 2 aliphatic heterocycles. The Balaban J connectivity index is 1.73. The average molecular weight is 340 g/mol. The number of nitrogens with one attached hydrogen (secondary N) is 1. The zero-order valence-corrected chi connectivity index (χ0v) is 14.0. The largest absolute Gasteiger partial charge is 0.487 e. The molecular formula is C17H22F2N2O3. The molecule has 1 N–H and O–H groups in total. The van der Waals surface area contributed by atoms with Gasteiger partial charge in [0.25, 0.3) is 0 Å². The van der Waals surface area contributed by atoms with Crippen LogP contribution in [0.3, 0.4) is 0 Å². The molecule has 0 unspecified atom stereocenters. The maximum Gasteiger partial charge on any atom is 0.410 e. The summed E-state index contributed by atoms with van der Waals surface area (Å²) in [5.74, 6) is -1.62. The number of carbonyl (C=O) groups excluding carboxylic acids is 1. The Morgan fingerprint density at radius 1 is 1.29 bits per heavy atom. The standard InChI is InChI=1S/C17H22F2N2O3/c1-17(2,3)24-16(22)21-9-14(15-13(21)6-7-20-15)23-10-4-5-11(18)12(19)8-10/h4-5,8,13-15,20H,6-7,9H2,1-3H3/t13-,14+,15+/m1/s1. The number of amides is 1. The molecular weight excluding hydrogens is 318 g/mol. The van der Waals surface area contributed by atoms with Crippen molar-refractivity contribution in [1.29, 1.82) is 0 Å². The second kappa shape index (κ2) is 6.20. The van der Waals surface area contributed by atoms with Gasteiger partial charge in [0.05, 0.1) is 18.6 Å². The van der Waals surface area contributed by atoms with E-state index in [9.17, 15) is 13.6 Å². The third kappa shape index (κ3) is 3.45. The van der Waals surface area contributed by atoms with E-state index in [1.807, 2.05) is 20.8 Å². The van der Waals surface area contributed by atoms with E-state index in [-0.39, 0.29) is 30.0 Å². The summed E-state index contributed by atoms with van der Waals surface area (Å²) in [6.07, 6.45) is 0.0918. The van der Waals surface area contributed by atoms with Gasteiger partial charge in [0.2, 0.25) is 0 Å². The Morgan fingerprint density at radius 3 is 2.71 bits per heavy atom. The van der Waals surface area contributed by atoms with Crippen molar-refractivity contribution >= 4 is 6.09 Å². The molecule has 0 aromatic heterocycles. The first kappa shape index (κ1) is 17.0. The Morgan fingerprint density at radius 2 is 2.04 bits per heavy atom. The highest BCUT2D eigenvalue weighted by Gasteiger charge is 2.48. The summed E-state index contributed by atoms with van der Waals surface area (Å²) < 4.78 is 37.7. The molecule has 0 saturated carbocycles. The smallest absolute Gasteiger partial charge is 0.410 e. The molecule has 0 bridgehead atoms. The second-order valence-electron chi connectivity index (χ2n) is 7.20. The number of rotatable bonds is 2. The lowest BCUT2D eigenvalue weighted by Gasteiger charge is -2.27. The zero-order valence-electron chi connectivity index (χ0n) is 14.0. The molecule has 1 aromatic rings. The van der Waals surface area contributed by atoms with E-state index in [1.165, 1.54) is 6.07 Å². The summed E-state index contributed by atoms with van der Waals surface area (Å²) >= 11 is 0. The van der Waals surface area contributed by atoms with Gasteiger partial charge in [0.1, 0.15) is 17.5 Å². The Bertz CT molecular complexity index is 633. The SMILES string of the molecule is CC(C)(C)OC(=O)N1C[C@H](Oc2ccc(F)c(F)c2)[C@H]2NCC[C@H]21. The molecule has 24 heavy (non-hydrogen) atoms. The molecule has 7 heteroatoms. The monoisotopic (exact) mass is 340 g/mol. The molecule has 5 nitrogen and oxygen atoms in total. The van der Waals surface area contributed by atoms with Gasteiger partial charge >= 0.3 is 6.09 Å². The molecule has 0 aliphatic carbocycles. The fourth-order valence-corrected chi connectivity index (χ4v) is 3.25. The first-order valence-corrected chi connectivity index (χ1v) is 8.09. The van der Waals surface area contributed by atoms with Gasteiger partial charge in [-0.1, -0.05) is 0 Å². The van der Waals surface area contributed by atoms with E-state index in [1.54, 1.807) is 4.90 Å². The lowest BCUT2D eigenvalue weighted by Crippen LogP contribution is -2.42. The van der Waals surface area contributed by atoms with E-state index in [0.29, 0.717) is 6.54 Å². The molecule has 1 aromatic carbocycles. The van der Waals surface area contributed by atoms with Crippen molar-refractivity contribution in [3.05, 3.63) is 29.8 Å². The number of fused-ring (bicyclic) bond motifs is 1. The minimum Gasteiger partial charge on any atom is -0.487 e. The average Bonchev–Trinajstić information content (AvgIpc) is 3.04. The molecule has 2 aliphatic rings. The fraction of sp³-hybridized carbons (Fsp3) is 0.588. The van der Waals surface area contributed by atoms with Gasteiger partial charge in [-0.05, 0) is 45.9 Å². The van der Waals surface area contributed by atoms with Crippen LogP contribution in [0.5, 0.6) is 5.75 Å². The summed E-state index contributed by atoms with van der Waals surface area (Å²) in [6.45, 7) is 6.57. The normalized spacial score (nSPS) is 26.4. The Kier molecular flexibility index (Phi) is 4.38. The van der Waals surface area contributed by atoms with Crippen LogP contribution in [-0.2, 0) is 4.74 Å². The number of likely N-dealkylation sites (tertiary alicyclic amines) is 1. The predicted molar refractivity (Wildman–Crippen MR) is 83.9 cm³/mol. The van der Waals surface area contributed by atoms with Crippen LogP contribution in [0, 0.1) is 11.6 Å². The molecule has 2 saturated heterocycles. The predicted octanol–water partition coefficient (Wildman–Crippen LogP) is 2.69. The van der Waals surface area contributed by atoms with Gasteiger partial charge in [0.15, 0.2) is 11.6 Å². The van der Waals surface area contributed by atoms with Crippen molar-refractivity contribution in [2.45, 2.75) is 51.0 Å². The van der Waals surface area contributed by atoms with Crippen LogP contribution < -0.4 is 10.1 Å². The lowest BCUT2D eigenvalue weighted by atomic mass is 10.1. The minimum absolute atomic E-state index is 0.0184. The highest BCUT2D eigenvalue weighted by Crippen LogP contribution is 2.30. The molecule has 2 fully saturated rings. The van der Waals surface area contributed by atoms with Crippen LogP contribution in [0.25, 0.3) is 0 Å². The summed E-state index contributed by atoms with van der Waals surface area (Å²) in [5, 5.41) is 3.32. The molecule has 3 rings (SSSR count). The van der Waals surface area contributed by atoms with Crippen molar-refractivity contribution < 1.29 is 23.0 Å². The second-order valence-corrected chi connectivity index (χ2v) is 7.20. The van der Waals surface area contributed by atoms with E-state index in [0.717, 1.165) is 25.1 Å². The van der Waals surface area contributed by atoms with Crippen LogP contribution in [0.15, 0.2) is 18.2 Å². The number of hydrogen-bond donors (Lipinski definition) is 1. The van der Waals surface area contributed by atoms with E-state index >= 15 is 0 Å². The Hall–Kier alpha value is -1.89. The van der Waals surface area contributed by atoms with Gasteiger partial charge in [-0.3, -0.25) is 4.90 Å². The highest BCUT2D eigenvalue weighted by molar-refractivity contribution is 5.69. The lowest BCUT2D eigenvalue weighted by molar-refractivity contribution is 0.0213. The van der Waals surface area contributed by atoms with Crippen LogP contribution in [0.1, 0.15) is 27.2 Å². The van der Waals surface area contributed by atoms with E-state index in [4.69, 9.17) is 9.47 Å². The van der Waals surface area contributed by atoms with Gasteiger partial charge in [0, 0.05) is 6.07 Å². The van der Waals surface area contributed by atoms with Crippen LogP contribution in [0.4, 0.5) is 13.6 Å². The first-order valence-electron chi connectivity index (χ1n) is 8.09. The van der Waals surface area contributed by atoms with Crippen molar-refractivity contribution in [2.24, 2.45) is 0 Å².